The molecule has 0 bridgehead atoms. The molecular weight excluding hydrogens is 170 g/mol. The Morgan fingerprint density at radius 1 is 1.69 bits per heavy atom. The van der Waals surface area contributed by atoms with Crippen LogP contribution in [0.5, 0.6) is 0 Å². The second-order valence-corrected chi connectivity index (χ2v) is 3.60. The monoisotopic (exact) mass is 183 g/mol. The van der Waals surface area contributed by atoms with Crippen LogP contribution in [-0.4, -0.2) is 32.4 Å². The summed E-state index contributed by atoms with van der Waals surface area (Å²) in [5.41, 5.74) is 5.40. The summed E-state index contributed by atoms with van der Waals surface area (Å²) in [6.07, 6.45) is 2.13. The van der Waals surface area contributed by atoms with Crippen LogP contribution in [0.1, 0.15) is 19.8 Å². The van der Waals surface area contributed by atoms with Gasteiger partial charge in [0.15, 0.2) is 0 Å². The van der Waals surface area contributed by atoms with E-state index in [1.54, 1.807) is 4.68 Å². The van der Waals surface area contributed by atoms with Crippen LogP contribution in [0.2, 0.25) is 0 Å². The number of tetrazole rings is 1. The van der Waals surface area contributed by atoms with Crippen molar-refractivity contribution in [3.8, 4) is 0 Å². The van der Waals surface area contributed by atoms with E-state index in [4.69, 9.17) is 10.5 Å². The molecule has 1 saturated heterocycles. The molecule has 1 unspecified atom stereocenters. The Labute approximate surface area is 76.1 Å². The Balaban J connectivity index is 2.09. The molecule has 13 heavy (non-hydrogen) atoms. The lowest BCUT2D eigenvalue weighted by Gasteiger charge is -2.22. The van der Waals surface area contributed by atoms with Gasteiger partial charge < -0.3 is 10.5 Å². The van der Waals surface area contributed by atoms with E-state index in [0.717, 1.165) is 19.4 Å². The van der Waals surface area contributed by atoms with E-state index in [1.165, 1.54) is 0 Å². The summed E-state index contributed by atoms with van der Waals surface area (Å²) >= 11 is 0. The average molecular weight is 183 g/mol. The highest BCUT2D eigenvalue weighted by atomic mass is 16.5. The van der Waals surface area contributed by atoms with Gasteiger partial charge in [-0.2, -0.15) is 0 Å². The zero-order chi connectivity index (χ0) is 9.31. The molecule has 2 rings (SSSR count). The maximum Gasteiger partial charge on any atom is 0.240 e. The van der Waals surface area contributed by atoms with Crippen LogP contribution in [0.15, 0.2) is 0 Å². The maximum atomic E-state index is 5.60. The quantitative estimate of drug-likeness (QED) is 0.688. The van der Waals surface area contributed by atoms with Gasteiger partial charge in [-0.15, -0.1) is 0 Å². The predicted octanol–water partition coefficient (Wildman–Crippen LogP) is -0.176. The first-order valence-corrected chi connectivity index (χ1v) is 4.35. The third-order valence-corrected chi connectivity index (χ3v) is 2.34. The molecule has 0 amide bonds. The molecule has 2 heterocycles. The summed E-state index contributed by atoms with van der Waals surface area (Å²) < 4.78 is 7.17. The molecular formula is C7H13N5O. The number of aromatic nitrogens is 4. The van der Waals surface area contributed by atoms with E-state index in [1.807, 2.05) is 0 Å². The second-order valence-electron chi connectivity index (χ2n) is 3.60. The average Bonchev–Trinajstić information content (AvgIpc) is 2.64. The highest BCUT2D eigenvalue weighted by Crippen LogP contribution is 2.26. The van der Waals surface area contributed by atoms with Crippen molar-refractivity contribution in [3.63, 3.8) is 0 Å². The second kappa shape index (κ2) is 2.95. The maximum absolute atomic E-state index is 5.60. The fraction of sp³-hybridized carbons (Fsp3) is 0.857. The van der Waals surface area contributed by atoms with E-state index in [-0.39, 0.29) is 5.60 Å². The van der Waals surface area contributed by atoms with Gasteiger partial charge in [0.2, 0.25) is 5.95 Å². The summed E-state index contributed by atoms with van der Waals surface area (Å²) in [6, 6.07) is 0. The highest BCUT2D eigenvalue weighted by molar-refractivity contribution is 5.10. The van der Waals surface area contributed by atoms with Gasteiger partial charge in [0.25, 0.3) is 0 Å². The molecule has 6 heteroatoms. The Morgan fingerprint density at radius 3 is 3.08 bits per heavy atom. The molecule has 0 saturated carbocycles. The van der Waals surface area contributed by atoms with Crippen molar-refractivity contribution in [2.24, 2.45) is 0 Å². The molecule has 1 aromatic heterocycles. The fourth-order valence-electron chi connectivity index (χ4n) is 1.60. The molecule has 1 fully saturated rings. The zero-order valence-corrected chi connectivity index (χ0v) is 7.60. The third-order valence-electron chi connectivity index (χ3n) is 2.34. The number of nitrogens with zero attached hydrogens (tertiary/aromatic N) is 4. The molecule has 1 aliphatic heterocycles. The first-order chi connectivity index (χ1) is 6.20. The van der Waals surface area contributed by atoms with Gasteiger partial charge in [-0.25, -0.2) is 4.68 Å². The molecule has 1 aromatic rings. The minimum Gasteiger partial charge on any atom is -0.373 e. The Bertz CT molecular complexity index is 291. The van der Waals surface area contributed by atoms with Gasteiger partial charge in [0.1, 0.15) is 0 Å². The number of rotatable bonds is 2. The Hall–Kier alpha value is -1.17. The molecule has 0 radical (unpaired) electrons. The summed E-state index contributed by atoms with van der Waals surface area (Å²) in [6.45, 7) is 3.51. The topological polar surface area (TPSA) is 78.9 Å². The van der Waals surface area contributed by atoms with E-state index in [0.29, 0.717) is 12.5 Å². The fourth-order valence-corrected chi connectivity index (χ4v) is 1.60. The van der Waals surface area contributed by atoms with Crippen molar-refractivity contribution in [2.75, 3.05) is 12.3 Å². The van der Waals surface area contributed by atoms with Crippen LogP contribution >= 0.6 is 0 Å². The van der Waals surface area contributed by atoms with Gasteiger partial charge in [0, 0.05) is 6.61 Å². The molecule has 2 N–H and O–H groups in total. The molecule has 6 nitrogen and oxygen atoms in total. The predicted molar refractivity (Wildman–Crippen MR) is 45.8 cm³/mol. The van der Waals surface area contributed by atoms with Gasteiger partial charge in [-0.1, -0.05) is 5.10 Å². The van der Waals surface area contributed by atoms with Crippen molar-refractivity contribution in [3.05, 3.63) is 0 Å². The number of hydrogen-bond donors (Lipinski definition) is 1. The molecule has 1 atom stereocenters. The van der Waals surface area contributed by atoms with Crippen LogP contribution in [0.3, 0.4) is 0 Å². The van der Waals surface area contributed by atoms with E-state index in [9.17, 15) is 0 Å². The largest absolute Gasteiger partial charge is 0.373 e. The number of anilines is 1. The molecule has 72 valence electrons. The molecule has 0 spiro atoms. The highest BCUT2D eigenvalue weighted by Gasteiger charge is 2.31. The van der Waals surface area contributed by atoms with Crippen LogP contribution < -0.4 is 5.73 Å². The number of nitrogen functional groups attached to an aromatic ring is 1. The molecule has 0 aliphatic carbocycles. The normalized spacial score (nSPS) is 28.1. The SMILES string of the molecule is CC1(Cn2nnnc2N)CCCO1. The van der Waals surface area contributed by atoms with Gasteiger partial charge >= 0.3 is 0 Å². The number of ether oxygens (including phenoxy) is 1. The van der Waals surface area contributed by atoms with Crippen molar-refractivity contribution >= 4 is 5.95 Å². The summed E-state index contributed by atoms with van der Waals surface area (Å²) in [5, 5.41) is 10.9. The minimum absolute atomic E-state index is 0.149. The van der Waals surface area contributed by atoms with Gasteiger partial charge in [-0.05, 0) is 30.2 Å². The van der Waals surface area contributed by atoms with E-state index in [2.05, 4.69) is 22.4 Å². The van der Waals surface area contributed by atoms with E-state index >= 15 is 0 Å². The Kier molecular flexibility index (Phi) is 1.91. The van der Waals surface area contributed by atoms with Crippen molar-refractivity contribution < 1.29 is 4.74 Å². The zero-order valence-electron chi connectivity index (χ0n) is 7.60. The minimum atomic E-state index is -0.149. The Morgan fingerprint density at radius 2 is 2.54 bits per heavy atom. The lowest BCUT2D eigenvalue weighted by atomic mass is 10.0. The van der Waals surface area contributed by atoms with Crippen molar-refractivity contribution in [1.29, 1.82) is 0 Å². The van der Waals surface area contributed by atoms with Crippen LogP contribution in [-0.2, 0) is 11.3 Å². The lowest BCUT2D eigenvalue weighted by Crippen LogP contribution is -2.30. The first kappa shape index (κ1) is 8.43. The van der Waals surface area contributed by atoms with Crippen LogP contribution in [0.25, 0.3) is 0 Å². The van der Waals surface area contributed by atoms with Gasteiger partial charge in [-0.3, -0.25) is 0 Å². The summed E-state index contributed by atoms with van der Waals surface area (Å²) in [7, 11) is 0. The van der Waals surface area contributed by atoms with Crippen LogP contribution in [0, 0.1) is 0 Å². The van der Waals surface area contributed by atoms with Crippen molar-refractivity contribution in [2.45, 2.75) is 31.9 Å². The number of nitrogens with two attached hydrogens (primary N) is 1. The molecule has 1 aliphatic rings. The lowest BCUT2D eigenvalue weighted by molar-refractivity contribution is 0.00368. The smallest absolute Gasteiger partial charge is 0.240 e. The molecule has 0 aromatic carbocycles. The summed E-state index contributed by atoms with van der Waals surface area (Å²) in [5.74, 6) is 0.344. The third kappa shape index (κ3) is 1.62. The van der Waals surface area contributed by atoms with Crippen LogP contribution in [0.4, 0.5) is 5.95 Å². The standard InChI is InChI=1S/C7H13N5O/c1-7(3-2-4-13-7)5-12-6(8)9-10-11-12/h2-5H2,1H3,(H2,8,9,11). The summed E-state index contributed by atoms with van der Waals surface area (Å²) in [4.78, 5) is 0. The van der Waals surface area contributed by atoms with E-state index < -0.39 is 0 Å². The number of hydrogen-bond acceptors (Lipinski definition) is 5. The van der Waals surface area contributed by atoms with Crippen molar-refractivity contribution in [1.82, 2.24) is 20.2 Å². The van der Waals surface area contributed by atoms with Gasteiger partial charge in [0.05, 0.1) is 12.1 Å². The first-order valence-electron chi connectivity index (χ1n) is 4.35.